The van der Waals surface area contributed by atoms with Gasteiger partial charge in [0.2, 0.25) is 0 Å². The van der Waals surface area contributed by atoms with Crippen molar-refractivity contribution in [3.63, 3.8) is 0 Å². The summed E-state index contributed by atoms with van der Waals surface area (Å²) in [5.41, 5.74) is 2.98. The Morgan fingerprint density at radius 3 is 2.30 bits per heavy atom. The van der Waals surface area contributed by atoms with Crippen LogP contribution in [0.4, 0.5) is 0 Å². The molecule has 1 amide bonds. The summed E-state index contributed by atoms with van der Waals surface area (Å²) in [6.45, 7) is 0. The molecule has 4 aliphatic carbocycles. The summed E-state index contributed by atoms with van der Waals surface area (Å²) in [5.74, 6) is 2.80. The number of rotatable bonds is 4. The van der Waals surface area contributed by atoms with Gasteiger partial charge in [0.1, 0.15) is 0 Å². The van der Waals surface area contributed by atoms with Crippen LogP contribution in [0.1, 0.15) is 49.0 Å². The number of pyridine rings is 2. The van der Waals surface area contributed by atoms with Gasteiger partial charge in [-0.05, 0) is 80.5 Å². The Labute approximate surface area is 175 Å². The van der Waals surface area contributed by atoms with Gasteiger partial charge in [-0.3, -0.25) is 14.8 Å². The minimum Gasteiger partial charge on any atom is -0.355 e. The first-order valence-corrected chi connectivity index (χ1v) is 10.8. The van der Waals surface area contributed by atoms with Crippen molar-refractivity contribution < 1.29 is 9.32 Å². The smallest absolute Gasteiger partial charge is 0.273 e. The SMILES string of the molecule is O=C(NC12CC3CC(CC(C3)C1)C2)c1cc(-c2ccc(-c3ccncc3)nc2)on1. The van der Waals surface area contributed by atoms with Crippen molar-refractivity contribution in [2.24, 2.45) is 17.8 Å². The van der Waals surface area contributed by atoms with E-state index in [1.807, 2.05) is 24.3 Å². The van der Waals surface area contributed by atoms with Crippen molar-refractivity contribution in [2.45, 2.75) is 44.1 Å². The maximum atomic E-state index is 13.0. The largest absolute Gasteiger partial charge is 0.355 e. The molecule has 1 N–H and O–H groups in total. The van der Waals surface area contributed by atoms with Crippen molar-refractivity contribution in [3.8, 4) is 22.6 Å². The van der Waals surface area contributed by atoms with E-state index >= 15 is 0 Å². The first-order chi connectivity index (χ1) is 14.7. The summed E-state index contributed by atoms with van der Waals surface area (Å²) < 4.78 is 5.48. The number of hydrogen-bond acceptors (Lipinski definition) is 5. The van der Waals surface area contributed by atoms with Crippen LogP contribution in [0.5, 0.6) is 0 Å². The molecule has 0 aromatic carbocycles. The van der Waals surface area contributed by atoms with Gasteiger partial charge in [0.25, 0.3) is 5.91 Å². The van der Waals surface area contributed by atoms with E-state index in [0.717, 1.165) is 53.8 Å². The van der Waals surface area contributed by atoms with Gasteiger partial charge in [-0.2, -0.15) is 0 Å². The topological polar surface area (TPSA) is 80.9 Å². The third-order valence-electron chi connectivity index (χ3n) is 7.18. The molecule has 0 spiro atoms. The predicted octanol–water partition coefficient (Wildman–Crippen LogP) is 4.50. The average molecular weight is 400 g/mol. The lowest BCUT2D eigenvalue weighted by atomic mass is 9.53. The summed E-state index contributed by atoms with van der Waals surface area (Å²) in [4.78, 5) is 21.5. The molecule has 3 heterocycles. The van der Waals surface area contributed by atoms with E-state index in [0.29, 0.717) is 11.5 Å². The highest BCUT2D eigenvalue weighted by atomic mass is 16.5. The molecule has 0 radical (unpaired) electrons. The second kappa shape index (κ2) is 6.76. The molecule has 3 aromatic rings. The van der Waals surface area contributed by atoms with Crippen molar-refractivity contribution in [1.82, 2.24) is 20.4 Å². The van der Waals surface area contributed by atoms with Gasteiger partial charge in [0.15, 0.2) is 11.5 Å². The van der Waals surface area contributed by atoms with Gasteiger partial charge in [-0.1, -0.05) is 5.16 Å². The average Bonchev–Trinajstić information content (AvgIpc) is 3.24. The van der Waals surface area contributed by atoms with Crippen molar-refractivity contribution >= 4 is 5.91 Å². The van der Waals surface area contributed by atoms with E-state index in [-0.39, 0.29) is 11.4 Å². The van der Waals surface area contributed by atoms with Gasteiger partial charge in [-0.25, -0.2) is 0 Å². The molecular formula is C24H24N4O2. The fourth-order valence-electron chi connectivity index (χ4n) is 6.32. The molecule has 0 aliphatic heterocycles. The van der Waals surface area contributed by atoms with Crippen LogP contribution in [-0.4, -0.2) is 26.6 Å². The molecular weight excluding hydrogens is 376 g/mol. The zero-order valence-corrected chi connectivity index (χ0v) is 16.8. The van der Waals surface area contributed by atoms with E-state index in [2.05, 4.69) is 20.4 Å². The van der Waals surface area contributed by atoms with E-state index in [1.165, 1.54) is 19.3 Å². The number of hydrogen-bond donors (Lipinski definition) is 1. The lowest BCUT2D eigenvalue weighted by molar-refractivity contribution is -0.0168. The van der Waals surface area contributed by atoms with Crippen LogP contribution in [0, 0.1) is 17.8 Å². The normalized spacial score (nSPS) is 29.1. The Balaban J connectivity index is 1.18. The van der Waals surface area contributed by atoms with Crippen molar-refractivity contribution in [2.75, 3.05) is 0 Å². The summed E-state index contributed by atoms with van der Waals surface area (Å²) in [5, 5.41) is 7.40. The summed E-state index contributed by atoms with van der Waals surface area (Å²) >= 11 is 0. The summed E-state index contributed by atoms with van der Waals surface area (Å²) in [7, 11) is 0. The molecule has 0 unspecified atom stereocenters. The molecule has 3 aromatic heterocycles. The third-order valence-corrected chi connectivity index (χ3v) is 7.18. The Bertz CT molecular complexity index is 1040. The molecule has 0 atom stereocenters. The van der Waals surface area contributed by atoms with E-state index in [4.69, 9.17) is 4.52 Å². The second-order valence-corrected chi connectivity index (χ2v) is 9.40. The van der Waals surface area contributed by atoms with Crippen LogP contribution in [0.15, 0.2) is 53.4 Å². The van der Waals surface area contributed by atoms with Crippen molar-refractivity contribution in [1.29, 1.82) is 0 Å². The number of nitrogens with one attached hydrogen (secondary N) is 1. The van der Waals surface area contributed by atoms with Crippen LogP contribution in [-0.2, 0) is 0 Å². The van der Waals surface area contributed by atoms with Gasteiger partial charge in [0, 0.05) is 41.3 Å². The number of aromatic nitrogens is 3. The van der Waals surface area contributed by atoms with Crippen molar-refractivity contribution in [3.05, 3.63) is 54.6 Å². The van der Waals surface area contributed by atoms with Crippen LogP contribution >= 0.6 is 0 Å². The third kappa shape index (κ3) is 3.11. The Kier molecular flexibility index (Phi) is 4.01. The molecule has 30 heavy (non-hydrogen) atoms. The molecule has 6 nitrogen and oxygen atoms in total. The quantitative estimate of drug-likeness (QED) is 0.697. The zero-order chi connectivity index (χ0) is 20.1. The molecule has 4 aliphatic rings. The molecule has 4 saturated carbocycles. The predicted molar refractivity (Wildman–Crippen MR) is 111 cm³/mol. The Morgan fingerprint density at radius 1 is 0.967 bits per heavy atom. The van der Waals surface area contributed by atoms with Gasteiger partial charge in [-0.15, -0.1) is 0 Å². The van der Waals surface area contributed by atoms with E-state index < -0.39 is 0 Å². The lowest BCUT2D eigenvalue weighted by Crippen LogP contribution is -2.59. The van der Waals surface area contributed by atoms with Crippen LogP contribution < -0.4 is 5.32 Å². The minimum atomic E-state index is -0.117. The van der Waals surface area contributed by atoms with Gasteiger partial charge >= 0.3 is 0 Å². The molecule has 0 saturated heterocycles. The fraction of sp³-hybridized carbons (Fsp3) is 0.417. The van der Waals surface area contributed by atoms with Gasteiger partial charge in [0.05, 0.1) is 5.69 Å². The fourth-order valence-corrected chi connectivity index (χ4v) is 6.32. The highest BCUT2D eigenvalue weighted by Gasteiger charge is 2.51. The summed E-state index contributed by atoms with van der Waals surface area (Å²) in [6.07, 6.45) is 12.7. The number of amides is 1. The van der Waals surface area contributed by atoms with Crippen LogP contribution in [0.25, 0.3) is 22.6 Å². The highest BCUT2D eigenvalue weighted by Crippen LogP contribution is 2.55. The monoisotopic (exact) mass is 400 g/mol. The first-order valence-electron chi connectivity index (χ1n) is 10.8. The zero-order valence-electron chi connectivity index (χ0n) is 16.8. The van der Waals surface area contributed by atoms with Crippen LogP contribution in [0.3, 0.4) is 0 Å². The van der Waals surface area contributed by atoms with E-state index in [9.17, 15) is 4.79 Å². The molecule has 6 heteroatoms. The van der Waals surface area contributed by atoms with Gasteiger partial charge < -0.3 is 9.84 Å². The lowest BCUT2D eigenvalue weighted by Gasteiger charge is -2.56. The number of carbonyl (C=O) groups is 1. The van der Waals surface area contributed by atoms with E-state index in [1.54, 1.807) is 24.7 Å². The second-order valence-electron chi connectivity index (χ2n) is 9.40. The first kappa shape index (κ1) is 17.8. The molecule has 7 rings (SSSR count). The number of carbonyl (C=O) groups excluding carboxylic acids is 1. The molecule has 152 valence electrons. The standard InChI is InChI=1S/C24H24N4O2/c29-23(27-24-11-15-7-16(12-24)9-17(8-15)13-24)21-10-22(30-28-21)19-1-2-20(26-14-19)18-3-5-25-6-4-18/h1-6,10,14-17H,7-9,11-13H2,(H,27,29). The summed E-state index contributed by atoms with van der Waals surface area (Å²) in [6, 6.07) is 9.43. The number of nitrogens with zero attached hydrogens (tertiary/aromatic N) is 3. The Hall–Kier alpha value is -3.02. The maximum absolute atomic E-state index is 13.0. The maximum Gasteiger partial charge on any atom is 0.273 e. The Morgan fingerprint density at radius 2 is 1.67 bits per heavy atom. The molecule has 4 fully saturated rings. The molecule has 4 bridgehead atoms. The highest BCUT2D eigenvalue weighted by molar-refractivity contribution is 5.93. The minimum absolute atomic E-state index is 0.0291. The van der Waals surface area contributed by atoms with Crippen LogP contribution in [0.2, 0.25) is 0 Å².